The predicted octanol–water partition coefficient (Wildman–Crippen LogP) is 2.17. The Hall–Kier alpha value is -1.20. The highest BCUT2D eigenvalue weighted by molar-refractivity contribution is 5.33. The highest BCUT2D eigenvalue weighted by Gasteiger charge is 2.25. The SMILES string of the molecule is COc1cc(F)c(C(C(C)CN)N(C)C)cc1F. The van der Waals surface area contributed by atoms with Gasteiger partial charge >= 0.3 is 0 Å². The van der Waals surface area contributed by atoms with E-state index in [1.165, 1.54) is 13.2 Å². The van der Waals surface area contributed by atoms with E-state index in [9.17, 15) is 8.78 Å². The summed E-state index contributed by atoms with van der Waals surface area (Å²) in [5, 5.41) is 0. The summed E-state index contributed by atoms with van der Waals surface area (Å²) in [7, 11) is 4.94. The number of halogens is 2. The number of hydrogen-bond donors (Lipinski definition) is 1. The molecule has 0 saturated heterocycles. The first-order chi connectivity index (χ1) is 8.42. The summed E-state index contributed by atoms with van der Waals surface area (Å²) in [5.41, 5.74) is 5.93. The zero-order chi connectivity index (χ0) is 13.9. The van der Waals surface area contributed by atoms with Crippen LogP contribution in [0.5, 0.6) is 5.75 Å². The Balaban J connectivity index is 3.24. The van der Waals surface area contributed by atoms with Gasteiger partial charge in [-0.2, -0.15) is 0 Å². The first-order valence-electron chi connectivity index (χ1n) is 5.81. The smallest absolute Gasteiger partial charge is 0.165 e. The van der Waals surface area contributed by atoms with E-state index in [0.717, 1.165) is 6.07 Å². The van der Waals surface area contributed by atoms with Crippen molar-refractivity contribution in [3.05, 3.63) is 29.3 Å². The number of rotatable bonds is 5. The molecule has 2 unspecified atom stereocenters. The van der Waals surface area contributed by atoms with Crippen LogP contribution in [0.3, 0.4) is 0 Å². The van der Waals surface area contributed by atoms with Crippen molar-refractivity contribution in [3.8, 4) is 5.75 Å². The Morgan fingerprint density at radius 3 is 2.33 bits per heavy atom. The molecule has 0 bridgehead atoms. The fourth-order valence-electron chi connectivity index (χ4n) is 2.15. The average Bonchev–Trinajstić information content (AvgIpc) is 2.32. The van der Waals surface area contributed by atoms with Gasteiger partial charge in [-0.05, 0) is 32.6 Å². The first-order valence-corrected chi connectivity index (χ1v) is 5.81. The van der Waals surface area contributed by atoms with Crippen molar-refractivity contribution in [2.24, 2.45) is 11.7 Å². The van der Waals surface area contributed by atoms with Gasteiger partial charge in [-0.1, -0.05) is 6.92 Å². The van der Waals surface area contributed by atoms with Gasteiger partial charge in [0.1, 0.15) is 5.82 Å². The third kappa shape index (κ3) is 2.97. The van der Waals surface area contributed by atoms with Gasteiger partial charge in [0.25, 0.3) is 0 Å². The van der Waals surface area contributed by atoms with Crippen LogP contribution in [0.15, 0.2) is 12.1 Å². The molecule has 1 aromatic rings. The lowest BCUT2D eigenvalue weighted by Gasteiger charge is -2.30. The van der Waals surface area contributed by atoms with Gasteiger partial charge in [-0.3, -0.25) is 0 Å². The van der Waals surface area contributed by atoms with Crippen molar-refractivity contribution < 1.29 is 13.5 Å². The van der Waals surface area contributed by atoms with E-state index in [4.69, 9.17) is 10.5 Å². The van der Waals surface area contributed by atoms with Crippen molar-refractivity contribution in [1.82, 2.24) is 4.90 Å². The molecule has 0 aliphatic heterocycles. The Morgan fingerprint density at radius 1 is 1.28 bits per heavy atom. The summed E-state index contributed by atoms with van der Waals surface area (Å²) in [6, 6.07) is 1.99. The van der Waals surface area contributed by atoms with E-state index in [1.54, 1.807) is 0 Å². The lowest BCUT2D eigenvalue weighted by atomic mass is 9.93. The summed E-state index contributed by atoms with van der Waals surface area (Å²) >= 11 is 0. The molecule has 0 heterocycles. The molecule has 1 rings (SSSR count). The van der Waals surface area contributed by atoms with E-state index in [1.807, 2.05) is 25.9 Å². The quantitative estimate of drug-likeness (QED) is 0.879. The fraction of sp³-hybridized carbons (Fsp3) is 0.538. The third-order valence-electron chi connectivity index (χ3n) is 3.06. The highest BCUT2D eigenvalue weighted by atomic mass is 19.1. The van der Waals surface area contributed by atoms with Crippen LogP contribution in [0.4, 0.5) is 8.78 Å². The van der Waals surface area contributed by atoms with Gasteiger partial charge in [-0.25, -0.2) is 8.78 Å². The molecular formula is C13H20F2N2O. The number of benzene rings is 1. The maximum atomic E-state index is 14.0. The monoisotopic (exact) mass is 258 g/mol. The molecule has 0 saturated carbocycles. The number of ether oxygens (including phenoxy) is 1. The standard InChI is InChI=1S/C13H20F2N2O/c1-8(7-16)13(17(2)3)9-5-11(15)12(18-4)6-10(9)14/h5-6,8,13H,7,16H2,1-4H3. The topological polar surface area (TPSA) is 38.5 Å². The molecule has 18 heavy (non-hydrogen) atoms. The normalized spacial score (nSPS) is 14.7. The van der Waals surface area contributed by atoms with E-state index >= 15 is 0 Å². The Kier molecular flexibility index (Phi) is 5.04. The Morgan fingerprint density at radius 2 is 1.89 bits per heavy atom. The second-order valence-electron chi connectivity index (χ2n) is 4.63. The molecule has 0 radical (unpaired) electrons. The first kappa shape index (κ1) is 14.9. The third-order valence-corrected chi connectivity index (χ3v) is 3.06. The van der Waals surface area contributed by atoms with Crippen LogP contribution < -0.4 is 10.5 Å². The number of nitrogens with zero attached hydrogens (tertiary/aromatic N) is 1. The van der Waals surface area contributed by atoms with E-state index < -0.39 is 11.6 Å². The number of hydrogen-bond acceptors (Lipinski definition) is 3. The second kappa shape index (κ2) is 6.11. The average molecular weight is 258 g/mol. The molecule has 3 nitrogen and oxygen atoms in total. The molecule has 102 valence electrons. The minimum atomic E-state index is -0.565. The predicted molar refractivity (Wildman–Crippen MR) is 67.6 cm³/mol. The highest BCUT2D eigenvalue weighted by Crippen LogP contribution is 2.31. The molecular weight excluding hydrogens is 238 g/mol. The zero-order valence-corrected chi connectivity index (χ0v) is 11.2. The van der Waals surface area contributed by atoms with E-state index in [0.29, 0.717) is 12.1 Å². The van der Waals surface area contributed by atoms with Crippen LogP contribution in [0.25, 0.3) is 0 Å². The summed E-state index contributed by atoms with van der Waals surface area (Å²) in [4.78, 5) is 1.84. The minimum absolute atomic E-state index is 0.0160. The van der Waals surface area contributed by atoms with Gasteiger partial charge in [-0.15, -0.1) is 0 Å². The van der Waals surface area contributed by atoms with Crippen molar-refractivity contribution >= 4 is 0 Å². The summed E-state index contributed by atoms with van der Waals surface area (Å²) in [6.45, 7) is 2.31. The number of nitrogens with two attached hydrogens (primary N) is 1. The summed E-state index contributed by atoms with van der Waals surface area (Å²) < 4.78 is 32.4. The summed E-state index contributed by atoms with van der Waals surface area (Å²) in [6.07, 6.45) is 0. The molecule has 0 spiro atoms. The van der Waals surface area contributed by atoms with Crippen molar-refractivity contribution in [1.29, 1.82) is 0 Å². The van der Waals surface area contributed by atoms with Gasteiger partial charge in [0.2, 0.25) is 0 Å². The van der Waals surface area contributed by atoms with E-state index in [-0.39, 0.29) is 17.7 Å². The van der Waals surface area contributed by atoms with Crippen LogP contribution in [0.1, 0.15) is 18.5 Å². The van der Waals surface area contributed by atoms with Crippen LogP contribution in [-0.2, 0) is 0 Å². The van der Waals surface area contributed by atoms with Crippen LogP contribution in [-0.4, -0.2) is 32.6 Å². The zero-order valence-electron chi connectivity index (χ0n) is 11.2. The second-order valence-corrected chi connectivity index (χ2v) is 4.63. The van der Waals surface area contributed by atoms with Gasteiger partial charge in [0.05, 0.1) is 7.11 Å². The summed E-state index contributed by atoms with van der Waals surface area (Å²) in [5.74, 6) is -1.12. The minimum Gasteiger partial charge on any atom is -0.494 e. The Labute approximate surface area is 107 Å². The maximum Gasteiger partial charge on any atom is 0.165 e. The van der Waals surface area contributed by atoms with Gasteiger partial charge in [0, 0.05) is 17.7 Å². The molecule has 5 heteroatoms. The van der Waals surface area contributed by atoms with Crippen molar-refractivity contribution in [2.45, 2.75) is 13.0 Å². The largest absolute Gasteiger partial charge is 0.494 e. The molecule has 1 aromatic carbocycles. The van der Waals surface area contributed by atoms with Crippen LogP contribution in [0, 0.1) is 17.6 Å². The lowest BCUT2D eigenvalue weighted by Crippen LogP contribution is -2.31. The molecule has 2 atom stereocenters. The van der Waals surface area contributed by atoms with Crippen molar-refractivity contribution in [3.63, 3.8) is 0 Å². The van der Waals surface area contributed by atoms with E-state index in [2.05, 4.69) is 0 Å². The molecule has 0 amide bonds. The van der Waals surface area contributed by atoms with Crippen molar-refractivity contribution in [2.75, 3.05) is 27.7 Å². The molecule has 0 aromatic heterocycles. The maximum absolute atomic E-state index is 14.0. The number of methoxy groups -OCH3 is 1. The van der Waals surface area contributed by atoms with Crippen LogP contribution in [0.2, 0.25) is 0 Å². The molecule has 0 aliphatic rings. The molecule has 2 N–H and O–H groups in total. The van der Waals surface area contributed by atoms with Gasteiger partial charge < -0.3 is 15.4 Å². The lowest BCUT2D eigenvalue weighted by molar-refractivity contribution is 0.220. The van der Waals surface area contributed by atoms with Gasteiger partial charge in [0.15, 0.2) is 11.6 Å². The van der Waals surface area contributed by atoms with Crippen LogP contribution >= 0.6 is 0 Å². The fourth-order valence-corrected chi connectivity index (χ4v) is 2.15. The molecule has 0 aliphatic carbocycles. The Bertz CT molecular complexity index is 410. The molecule has 0 fully saturated rings.